The van der Waals surface area contributed by atoms with Crippen LogP contribution in [0, 0.1) is 0 Å². The standard InChI is InChI=1S/C40H39N3O7/c1-4-15-27-25-43(39(47)42-37(27)41-38(46)26-16-7-5-8-17-26)34-24-31(44)35(50-34)36(45)40(28-18-9-6-10-19-28,29-20-11-13-22-32(29)48-2)30-21-12-14-23-33(30)49-3/h4-14,16-23,25,31,34-36,44-45H,1,15,24H2,2-3H3,(H,41,42,46,47)/t31-,34+,35-,36?/m0/s1. The summed E-state index contributed by atoms with van der Waals surface area (Å²) < 4.78 is 19.5. The molecule has 10 nitrogen and oxygen atoms in total. The van der Waals surface area contributed by atoms with Crippen molar-refractivity contribution in [2.24, 2.45) is 0 Å². The summed E-state index contributed by atoms with van der Waals surface area (Å²) in [6.45, 7) is 3.82. The molecule has 0 spiro atoms. The molecule has 6 rings (SSSR count). The Balaban J connectivity index is 1.44. The number of benzene rings is 4. The number of nitrogens with one attached hydrogen (secondary N) is 1. The number of allylic oxidation sites excluding steroid dienone is 1. The molecule has 0 saturated carbocycles. The lowest BCUT2D eigenvalue weighted by molar-refractivity contribution is -0.0980. The maximum Gasteiger partial charge on any atom is 0.351 e. The Morgan fingerprint density at radius 2 is 1.52 bits per heavy atom. The van der Waals surface area contributed by atoms with Gasteiger partial charge < -0.3 is 29.7 Å². The monoisotopic (exact) mass is 673 g/mol. The molecule has 4 atom stereocenters. The summed E-state index contributed by atoms with van der Waals surface area (Å²) in [5.74, 6) is 0.702. The van der Waals surface area contributed by atoms with Crippen molar-refractivity contribution < 1.29 is 29.2 Å². The van der Waals surface area contributed by atoms with Crippen LogP contribution in [0.1, 0.15) is 45.3 Å². The van der Waals surface area contributed by atoms with Gasteiger partial charge in [0.15, 0.2) is 0 Å². The van der Waals surface area contributed by atoms with Crippen LogP contribution in [0.3, 0.4) is 0 Å². The highest BCUT2D eigenvalue weighted by Crippen LogP contribution is 2.51. The van der Waals surface area contributed by atoms with E-state index in [1.165, 1.54) is 4.57 Å². The molecule has 1 aliphatic heterocycles. The van der Waals surface area contributed by atoms with E-state index in [2.05, 4.69) is 16.9 Å². The second-order valence-electron chi connectivity index (χ2n) is 12.0. The van der Waals surface area contributed by atoms with Crippen LogP contribution in [0.25, 0.3) is 0 Å². The van der Waals surface area contributed by atoms with Crippen LogP contribution < -0.4 is 20.5 Å². The van der Waals surface area contributed by atoms with Gasteiger partial charge in [-0.1, -0.05) is 91.0 Å². The van der Waals surface area contributed by atoms with E-state index in [0.29, 0.717) is 39.3 Å². The van der Waals surface area contributed by atoms with Gasteiger partial charge in [0.2, 0.25) is 0 Å². The molecule has 10 heteroatoms. The molecule has 5 aromatic rings. The predicted octanol–water partition coefficient (Wildman–Crippen LogP) is 5.29. The number of para-hydroxylation sites is 2. The van der Waals surface area contributed by atoms with Crippen molar-refractivity contribution in [3.8, 4) is 11.5 Å². The number of nitrogens with zero attached hydrogens (tertiary/aromatic N) is 2. The summed E-state index contributed by atoms with van der Waals surface area (Å²) in [7, 11) is 3.12. The van der Waals surface area contributed by atoms with Crippen LogP contribution in [-0.4, -0.2) is 58.2 Å². The third-order valence-electron chi connectivity index (χ3n) is 9.15. The van der Waals surface area contributed by atoms with Crippen LogP contribution >= 0.6 is 0 Å². The minimum absolute atomic E-state index is 0.0186. The van der Waals surface area contributed by atoms with E-state index >= 15 is 0 Å². The molecule has 2 heterocycles. The highest BCUT2D eigenvalue weighted by molar-refractivity contribution is 6.04. The number of carbonyl (C=O) groups excluding carboxylic acids is 1. The van der Waals surface area contributed by atoms with E-state index in [1.807, 2.05) is 78.9 Å². The number of amides is 1. The highest BCUT2D eigenvalue weighted by Gasteiger charge is 2.54. The van der Waals surface area contributed by atoms with E-state index in [4.69, 9.17) is 14.2 Å². The summed E-state index contributed by atoms with van der Waals surface area (Å²) in [5, 5.41) is 27.2. The third kappa shape index (κ3) is 6.32. The van der Waals surface area contributed by atoms with Crippen molar-refractivity contribution >= 4 is 11.7 Å². The van der Waals surface area contributed by atoms with Crippen molar-refractivity contribution in [3.05, 3.63) is 166 Å². The maximum atomic E-state index is 13.5. The first kappa shape index (κ1) is 34.3. The van der Waals surface area contributed by atoms with Crippen LogP contribution in [0.5, 0.6) is 11.5 Å². The predicted molar refractivity (Wildman–Crippen MR) is 190 cm³/mol. The lowest BCUT2D eigenvalue weighted by atomic mass is 9.63. The van der Waals surface area contributed by atoms with E-state index in [1.54, 1.807) is 56.8 Å². The minimum Gasteiger partial charge on any atom is -0.496 e. The van der Waals surface area contributed by atoms with Crippen molar-refractivity contribution in [1.82, 2.24) is 9.55 Å². The van der Waals surface area contributed by atoms with Gasteiger partial charge in [-0.2, -0.15) is 4.98 Å². The normalized spacial score (nSPS) is 17.9. The molecule has 50 heavy (non-hydrogen) atoms. The van der Waals surface area contributed by atoms with E-state index in [9.17, 15) is 19.8 Å². The smallest absolute Gasteiger partial charge is 0.351 e. The second-order valence-corrected chi connectivity index (χ2v) is 12.0. The molecule has 1 unspecified atom stereocenters. The Hall–Kier alpha value is -5.55. The number of hydrogen-bond donors (Lipinski definition) is 3. The first-order valence-electron chi connectivity index (χ1n) is 16.3. The maximum absolute atomic E-state index is 13.5. The largest absolute Gasteiger partial charge is 0.496 e. The minimum atomic E-state index is -1.43. The summed E-state index contributed by atoms with van der Waals surface area (Å²) in [6.07, 6.45) is -1.36. The molecule has 0 aliphatic carbocycles. The number of rotatable bonds is 12. The van der Waals surface area contributed by atoms with Crippen molar-refractivity contribution in [2.45, 2.75) is 42.8 Å². The number of carbonyl (C=O) groups is 1. The van der Waals surface area contributed by atoms with Gasteiger partial charge in [-0.3, -0.25) is 9.36 Å². The molecule has 0 bridgehead atoms. The van der Waals surface area contributed by atoms with Gasteiger partial charge in [0, 0.05) is 34.9 Å². The van der Waals surface area contributed by atoms with Gasteiger partial charge in [-0.25, -0.2) is 4.79 Å². The van der Waals surface area contributed by atoms with Crippen LogP contribution in [0.4, 0.5) is 5.82 Å². The molecule has 256 valence electrons. The molecule has 0 radical (unpaired) electrons. The summed E-state index contributed by atoms with van der Waals surface area (Å²) >= 11 is 0. The van der Waals surface area contributed by atoms with Crippen LogP contribution in [0.15, 0.2) is 133 Å². The van der Waals surface area contributed by atoms with Crippen molar-refractivity contribution in [1.29, 1.82) is 0 Å². The average Bonchev–Trinajstić information content (AvgIpc) is 3.55. The van der Waals surface area contributed by atoms with E-state index in [0.717, 1.165) is 0 Å². The Bertz CT molecular complexity index is 1970. The fraction of sp³-hybridized carbons (Fsp3) is 0.225. The molecule has 1 amide bonds. The Morgan fingerprint density at radius 1 is 0.960 bits per heavy atom. The van der Waals surface area contributed by atoms with Gasteiger partial charge in [-0.15, -0.1) is 6.58 Å². The number of ether oxygens (including phenoxy) is 3. The van der Waals surface area contributed by atoms with Crippen molar-refractivity contribution in [3.63, 3.8) is 0 Å². The van der Waals surface area contributed by atoms with Gasteiger partial charge in [0.25, 0.3) is 5.91 Å². The zero-order valence-electron chi connectivity index (χ0n) is 27.8. The first-order chi connectivity index (χ1) is 24.3. The quantitative estimate of drug-likeness (QED) is 0.120. The molecule has 1 aromatic heterocycles. The zero-order chi connectivity index (χ0) is 35.3. The molecule has 1 fully saturated rings. The molecular weight excluding hydrogens is 634 g/mol. The fourth-order valence-corrected chi connectivity index (χ4v) is 6.86. The van der Waals surface area contributed by atoms with Gasteiger partial charge in [0.1, 0.15) is 35.8 Å². The van der Waals surface area contributed by atoms with Crippen LogP contribution in [0.2, 0.25) is 0 Å². The number of methoxy groups -OCH3 is 2. The van der Waals surface area contributed by atoms with Gasteiger partial charge in [0.05, 0.1) is 25.7 Å². The molecule has 4 aromatic carbocycles. The Morgan fingerprint density at radius 3 is 2.10 bits per heavy atom. The van der Waals surface area contributed by atoms with E-state index < -0.39 is 41.6 Å². The van der Waals surface area contributed by atoms with Gasteiger partial charge in [-0.05, 0) is 36.2 Å². The van der Waals surface area contributed by atoms with Crippen LogP contribution in [-0.2, 0) is 16.6 Å². The fourth-order valence-electron chi connectivity index (χ4n) is 6.86. The number of aromatic nitrogens is 2. The summed E-state index contributed by atoms with van der Waals surface area (Å²) in [4.78, 5) is 30.7. The molecule has 1 aliphatic rings. The highest BCUT2D eigenvalue weighted by atomic mass is 16.5. The number of hydrogen-bond acceptors (Lipinski definition) is 8. The Labute approximate surface area is 290 Å². The summed E-state index contributed by atoms with van der Waals surface area (Å²) in [5.41, 5.74) is 0.792. The average molecular weight is 674 g/mol. The third-order valence-corrected chi connectivity index (χ3v) is 9.15. The zero-order valence-corrected chi connectivity index (χ0v) is 27.8. The number of anilines is 1. The number of aliphatic hydroxyl groups excluding tert-OH is 2. The first-order valence-corrected chi connectivity index (χ1v) is 16.3. The SMILES string of the molecule is C=CCc1cn([C@H]2C[C@H](O)[C@@H](C(O)C(c3ccccc3)(c3ccccc3OC)c3ccccc3OC)O2)c(=O)nc1NC(=O)c1ccccc1. The number of aliphatic hydroxyl groups is 2. The second kappa shape index (κ2) is 14.9. The lowest BCUT2D eigenvalue weighted by Crippen LogP contribution is -2.51. The molecule has 1 saturated heterocycles. The van der Waals surface area contributed by atoms with Crippen molar-refractivity contribution in [2.75, 3.05) is 19.5 Å². The topological polar surface area (TPSA) is 132 Å². The Kier molecular flexibility index (Phi) is 10.2. The molecule has 3 N–H and O–H groups in total. The van der Waals surface area contributed by atoms with Gasteiger partial charge >= 0.3 is 5.69 Å². The summed E-state index contributed by atoms with van der Waals surface area (Å²) in [6, 6.07) is 32.8. The van der Waals surface area contributed by atoms with E-state index in [-0.39, 0.29) is 18.7 Å². The lowest BCUT2D eigenvalue weighted by Gasteiger charge is -2.43. The molecular formula is C40H39N3O7.